The van der Waals surface area contributed by atoms with Crippen LogP contribution in [0.1, 0.15) is 37.6 Å². The number of hydrogen-bond acceptors (Lipinski definition) is 8. The summed E-state index contributed by atoms with van der Waals surface area (Å²) in [5.41, 5.74) is 6.16. The van der Waals surface area contributed by atoms with Crippen molar-refractivity contribution in [2.75, 3.05) is 38.1 Å². The number of anilines is 1. The average Bonchev–Trinajstić information content (AvgIpc) is 3.70. The fourth-order valence-electron chi connectivity index (χ4n) is 5.43. The van der Waals surface area contributed by atoms with E-state index >= 15 is 0 Å². The number of aromatic amines is 1. The maximum atomic E-state index is 13.2. The molecule has 2 N–H and O–H groups in total. The lowest BCUT2D eigenvalue weighted by atomic mass is 10.1. The second-order valence-corrected chi connectivity index (χ2v) is 14.0. The zero-order valence-electron chi connectivity index (χ0n) is 26.1. The van der Waals surface area contributed by atoms with Gasteiger partial charge in [0.1, 0.15) is 6.61 Å². The molecule has 242 valence electrons. The minimum absolute atomic E-state index is 0.0259. The first kappa shape index (κ1) is 32.3. The molecule has 0 spiro atoms. The van der Waals surface area contributed by atoms with Crippen LogP contribution in [0.4, 0.5) is 5.69 Å². The van der Waals surface area contributed by atoms with E-state index in [1.807, 2.05) is 79.9 Å². The second kappa shape index (κ2) is 14.0. The normalized spacial score (nSPS) is 14.2. The van der Waals surface area contributed by atoms with E-state index in [-0.39, 0.29) is 16.7 Å². The van der Waals surface area contributed by atoms with Gasteiger partial charge in [-0.1, -0.05) is 54.1 Å². The summed E-state index contributed by atoms with van der Waals surface area (Å²) in [6.07, 6.45) is 3.89. The fourth-order valence-corrected chi connectivity index (χ4v) is 7.11. The lowest BCUT2D eigenvalue weighted by Gasteiger charge is -2.34. The summed E-state index contributed by atoms with van der Waals surface area (Å²) in [7, 11) is -4.02. The van der Waals surface area contributed by atoms with Gasteiger partial charge in [-0.3, -0.25) is 23.8 Å². The van der Waals surface area contributed by atoms with Crippen LogP contribution in [0.15, 0.2) is 83.1 Å². The Kier molecular flexibility index (Phi) is 9.64. The number of aryl methyl sites for hydroxylation is 2. The van der Waals surface area contributed by atoms with Gasteiger partial charge in [-0.05, 0) is 72.3 Å². The SMILES string of the molecule is Cc1ccc(S(=O)(=O)OCC(=O)N2CCN(Cc3ccc(/C=C/c4n[nH]c5ccccc45)c(NC(=O)c4sccc4C)c3)CC2)cc1. The lowest BCUT2D eigenvalue weighted by Crippen LogP contribution is -2.49. The largest absolute Gasteiger partial charge is 0.338 e. The van der Waals surface area contributed by atoms with Gasteiger partial charge in [0.25, 0.3) is 16.0 Å². The molecule has 1 aliphatic rings. The molecule has 5 aromatic rings. The molecule has 0 aliphatic carbocycles. The lowest BCUT2D eigenvalue weighted by molar-refractivity contribution is -0.135. The Balaban J connectivity index is 1.11. The minimum Gasteiger partial charge on any atom is -0.338 e. The molecule has 0 atom stereocenters. The van der Waals surface area contributed by atoms with Gasteiger partial charge < -0.3 is 10.2 Å². The number of nitrogens with one attached hydrogen (secondary N) is 2. The number of para-hydroxylation sites is 1. The topological polar surface area (TPSA) is 125 Å². The zero-order valence-corrected chi connectivity index (χ0v) is 27.7. The predicted octanol–water partition coefficient (Wildman–Crippen LogP) is 5.71. The van der Waals surface area contributed by atoms with E-state index in [2.05, 4.69) is 20.4 Å². The molecule has 2 amide bonds. The Bertz CT molecular complexity index is 2040. The van der Waals surface area contributed by atoms with Crippen molar-refractivity contribution in [3.63, 3.8) is 0 Å². The van der Waals surface area contributed by atoms with Gasteiger partial charge in [0.05, 0.1) is 21.0 Å². The molecule has 6 rings (SSSR count). The number of H-pyrrole nitrogens is 1. The van der Waals surface area contributed by atoms with E-state index in [1.54, 1.807) is 17.0 Å². The quantitative estimate of drug-likeness (QED) is 0.183. The Labute approximate surface area is 277 Å². The highest BCUT2D eigenvalue weighted by molar-refractivity contribution is 7.86. The molecule has 3 aromatic carbocycles. The zero-order chi connectivity index (χ0) is 33.0. The van der Waals surface area contributed by atoms with E-state index in [4.69, 9.17) is 4.18 Å². The average molecular weight is 670 g/mol. The minimum atomic E-state index is -4.02. The van der Waals surface area contributed by atoms with E-state index in [9.17, 15) is 18.0 Å². The molecule has 1 fully saturated rings. The van der Waals surface area contributed by atoms with Crippen LogP contribution in [0.2, 0.25) is 0 Å². The number of fused-ring (bicyclic) bond motifs is 1. The number of nitrogens with zero attached hydrogens (tertiary/aromatic N) is 3. The Morgan fingerprint density at radius 1 is 0.979 bits per heavy atom. The molecule has 47 heavy (non-hydrogen) atoms. The molecular weight excluding hydrogens is 635 g/mol. The van der Waals surface area contributed by atoms with Crippen molar-refractivity contribution in [1.82, 2.24) is 20.0 Å². The summed E-state index contributed by atoms with van der Waals surface area (Å²) < 4.78 is 30.1. The number of piperazine rings is 1. The molecule has 0 radical (unpaired) electrons. The smallest absolute Gasteiger partial charge is 0.297 e. The molecule has 0 unspecified atom stereocenters. The Morgan fingerprint density at radius 3 is 2.49 bits per heavy atom. The summed E-state index contributed by atoms with van der Waals surface area (Å²) in [5.74, 6) is -0.525. The first-order chi connectivity index (χ1) is 22.7. The summed E-state index contributed by atoms with van der Waals surface area (Å²) in [6, 6.07) is 22.2. The van der Waals surface area contributed by atoms with Crippen molar-refractivity contribution in [3.05, 3.63) is 111 Å². The van der Waals surface area contributed by atoms with Gasteiger partial charge in [0, 0.05) is 43.8 Å². The van der Waals surface area contributed by atoms with Crippen LogP contribution >= 0.6 is 11.3 Å². The number of aromatic nitrogens is 2. The van der Waals surface area contributed by atoms with E-state index in [0.29, 0.717) is 43.3 Å². The van der Waals surface area contributed by atoms with E-state index in [1.165, 1.54) is 23.5 Å². The van der Waals surface area contributed by atoms with Crippen LogP contribution in [-0.4, -0.2) is 73.0 Å². The monoisotopic (exact) mass is 669 g/mol. The van der Waals surface area contributed by atoms with Crippen LogP contribution in [-0.2, 0) is 25.6 Å². The number of carbonyl (C=O) groups excluding carboxylic acids is 2. The standard InChI is InChI=1S/C35H35N5O5S2/c1-24-7-12-28(13-8-24)47(43,44)45-23-33(41)40-18-16-39(17-19-40)22-26-9-10-27(11-14-31-29-5-3-4-6-30(29)37-38-31)32(21-26)36-35(42)34-25(2)15-20-46-34/h3-15,20-21H,16-19,22-23H2,1-2H3,(H,36,42)(H,37,38)/b14-11+. The molecule has 0 bridgehead atoms. The molecular formula is C35H35N5O5S2. The van der Waals surface area contributed by atoms with Gasteiger partial charge in [0.15, 0.2) is 0 Å². The molecule has 0 saturated carbocycles. The Morgan fingerprint density at radius 2 is 1.74 bits per heavy atom. The van der Waals surface area contributed by atoms with Crippen molar-refractivity contribution in [2.24, 2.45) is 0 Å². The molecule has 10 nitrogen and oxygen atoms in total. The van der Waals surface area contributed by atoms with Crippen LogP contribution in [0.3, 0.4) is 0 Å². The summed E-state index contributed by atoms with van der Waals surface area (Å²) >= 11 is 1.41. The summed E-state index contributed by atoms with van der Waals surface area (Å²) in [6.45, 7) is 5.99. The molecule has 12 heteroatoms. The van der Waals surface area contributed by atoms with Crippen molar-refractivity contribution < 1.29 is 22.2 Å². The van der Waals surface area contributed by atoms with Gasteiger partial charge in [-0.25, -0.2) is 0 Å². The molecule has 3 heterocycles. The Hall–Kier alpha value is -4.62. The fraction of sp³-hybridized carbons (Fsp3) is 0.229. The predicted molar refractivity (Wildman–Crippen MR) is 185 cm³/mol. The van der Waals surface area contributed by atoms with Gasteiger partial charge in [-0.15, -0.1) is 11.3 Å². The first-order valence-electron chi connectivity index (χ1n) is 15.2. The van der Waals surface area contributed by atoms with Crippen molar-refractivity contribution in [1.29, 1.82) is 0 Å². The van der Waals surface area contributed by atoms with Gasteiger partial charge in [0.2, 0.25) is 5.91 Å². The van der Waals surface area contributed by atoms with Crippen molar-refractivity contribution >= 4 is 62.0 Å². The number of amides is 2. The molecule has 1 aliphatic heterocycles. The maximum Gasteiger partial charge on any atom is 0.297 e. The number of thiophene rings is 1. The first-order valence-corrected chi connectivity index (χ1v) is 17.5. The maximum absolute atomic E-state index is 13.2. The van der Waals surface area contributed by atoms with Crippen LogP contribution in [0.5, 0.6) is 0 Å². The third-order valence-electron chi connectivity index (χ3n) is 8.13. The van der Waals surface area contributed by atoms with Crippen LogP contribution in [0, 0.1) is 13.8 Å². The molecule has 2 aromatic heterocycles. The van der Waals surface area contributed by atoms with Gasteiger partial charge in [-0.2, -0.15) is 13.5 Å². The summed E-state index contributed by atoms with van der Waals surface area (Å²) in [4.78, 5) is 30.6. The number of hydrogen-bond donors (Lipinski definition) is 2. The van der Waals surface area contributed by atoms with E-state index < -0.39 is 16.7 Å². The third-order valence-corrected chi connectivity index (χ3v) is 10.4. The van der Waals surface area contributed by atoms with Crippen LogP contribution in [0.25, 0.3) is 23.1 Å². The highest BCUT2D eigenvalue weighted by Crippen LogP contribution is 2.26. The van der Waals surface area contributed by atoms with E-state index in [0.717, 1.165) is 38.9 Å². The highest BCUT2D eigenvalue weighted by atomic mass is 32.2. The summed E-state index contributed by atoms with van der Waals surface area (Å²) in [5, 5.41) is 13.5. The van der Waals surface area contributed by atoms with Gasteiger partial charge >= 0.3 is 0 Å². The van der Waals surface area contributed by atoms with Crippen LogP contribution < -0.4 is 5.32 Å². The number of rotatable bonds is 10. The highest BCUT2D eigenvalue weighted by Gasteiger charge is 2.24. The second-order valence-electron chi connectivity index (χ2n) is 11.5. The van der Waals surface area contributed by atoms with Crippen molar-refractivity contribution in [3.8, 4) is 0 Å². The molecule has 1 saturated heterocycles. The number of carbonyl (C=O) groups is 2. The van der Waals surface area contributed by atoms with Crippen molar-refractivity contribution in [2.45, 2.75) is 25.3 Å². The third kappa shape index (κ3) is 7.68. The number of benzene rings is 3.